The van der Waals surface area contributed by atoms with Crippen LogP contribution in [0.3, 0.4) is 0 Å². The van der Waals surface area contributed by atoms with Gasteiger partial charge in [0.1, 0.15) is 22.8 Å². The number of nitrogens with two attached hydrogens (primary N) is 2. The summed E-state index contributed by atoms with van der Waals surface area (Å²) in [6.45, 7) is 0. The number of aryl methyl sites for hydroxylation is 1. The highest BCUT2D eigenvalue weighted by Crippen LogP contribution is 2.52. The van der Waals surface area contributed by atoms with Crippen LogP contribution in [0.1, 0.15) is 36.0 Å². The standard InChI is InChI=1S/C22H22N2O8/c23-14(27)4-2-8-1-3-12(25)16-11(8)6-9-5-10-7-13(26)17(21(24)31)20(30)22(10,32)19(29)15(9)18(16)28/h1,3,9-10,25,28,30,32H,2,4-7H2,(H2,23,27)(H2,24,31)/t9-,10+,22+/m1/s1. The monoisotopic (exact) mass is 442 g/mol. The van der Waals surface area contributed by atoms with Crippen LogP contribution in [-0.2, 0) is 32.0 Å². The van der Waals surface area contributed by atoms with Crippen molar-refractivity contribution in [1.29, 1.82) is 0 Å². The van der Waals surface area contributed by atoms with E-state index in [1.165, 1.54) is 6.07 Å². The van der Waals surface area contributed by atoms with Gasteiger partial charge in [0.05, 0.1) is 5.56 Å². The maximum Gasteiger partial charge on any atom is 0.255 e. The zero-order valence-corrected chi connectivity index (χ0v) is 16.9. The van der Waals surface area contributed by atoms with Crippen LogP contribution in [-0.4, -0.2) is 49.4 Å². The van der Waals surface area contributed by atoms with E-state index in [1.54, 1.807) is 6.07 Å². The molecule has 0 spiro atoms. The van der Waals surface area contributed by atoms with E-state index in [0.29, 0.717) is 11.1 Å². The number of phenols is 1. The van der Waals surface area contributed by atoms with Crippen LogP contribution in [0.4, 0.5) is 0 Å². The van der Waals surface area contributed by atoms with Gasteiger partial charge >= 0.3 is 0 Å². The Hall–Kier alpha value is -3.66. The average Bonchev–Trinajstić information content (AvgIpc) is 2.69. The number of aromatic hydroxyl groups is 1. The first kappa shape index (κ1) is 21.6. The van der Waals surface area contributed by atoms with E-state index in [-0.39, 0.29) is 49.0 Å². The molecule has 0 bridgehead atoms. The van der Waals surface area contributed by atoms with Crippen LogP contribution >= 0.6 is 0 Å². The lowest BCUT2D eigenvalue weighted by molar-refractivity contribution is -0.147. The van der Waals surface area contributed by atoms with Gasteiger partial charge in [-0.15, -0.1) is 0 Å². The molecule has 0 aliphatic heterocycles. The van der Waals surface area contributed by atoms with Gasteiger partial charge in [-0.2, -0.15) is 0 Å². The number of carbonyl (C=O) groups is 4. The number of phenolic OH excluding ortho intramolecular Hbond substituents is 1. The van der Waals surface area contributed by atoms with Gasteiger partial charge in [-0.3, -0.25) is 19.2 Å². The van der Waals surface area contributed by atoms with Crippen molar-refractivity contribution in [2.24, 2.45) is 23.3 Å². The fourth-order valence-corrected chi connectivity index (χ4v) is 5.18. The van der Waals surface area contributed by atoms with E-state index in [1.807, 2.05) is 0 Å². The predicted octanol–water partition coefficient (Wildman–Crippen LogP) is -0.158. The van der Waals surface area contributed by atoms with Gasteiger partial charge in [0.2, 0.25) is 11.7 Å². The van der Waals surface area contributed by atoms with E-state index in [2.05, 4.69) is 0 Å². The molecule has 10 heteroatoms. The van der Waals surface area contributed by atoms with Crippen LogP contribution in [0, 0.1) is 11.8 Å². The molecule has 0 aromatic heterocycles. The molecule has 2 amide bonds. The summed E-state index contributed by atoms with van der Waals surface area (Å²) in [6, 6.07) is 2.92. The summed E-state index contributed by atoms with van der Waals surface area (Å²) in [5.41, 5.74) is 7.96. The molecule has 8 N–H and O–H groups in total. The Morgan fingerprint density at radius 3 is 2.41 bits per heavy atom. The van der Waals surface area contributed by atoms with E-state index in [4.69, 9.17) is 11.5 Å². The zero-order chi connectivity index (χ0) is 23.5. The topological polar surface area (TPSA) is 201 Å². The Labute approximate surface area is 181 Å². The third-order valence-electron chi connectivity index (χ3n) is 6.68. The molecule has 4 rings (SSSR count). The summed E-state index contributed by atoms with van der Waals surface area (Å²) in [6.07, 6.45) is 0.170. The smallest absolute Gasteiger partial charge is 0.255 e. The molecule has 3 aliphatic rings. The number of hydrogen-bond acceptors (Lipinski definition) is 8. The minimum Gasteiger partial charge on any atom is -0.508 e. The lowest BCUT2D eigenvalue weighted by Crippen LogP contribution is -2.58. The summed E-state index contributed by atoms with van der Waals surface area (Å²) in [4.78, 5) is 48.6. The molecular formula is C22H22N2O8. The second-order valence-electron chi connectivity index (χ2n) is 8.47. The number of carbonyl (C=O) groups excluding carboxylic acids is 4. The molecular weight excluding hydrogens is 420 g/mol. The van der Waals surface area contributed by atoms with Crippen molar-refractivity contribution in [2.75, 3.05) is 0 Å². The molecule has 0 unspecified atom stereocenters. The lowest BCUT2D eigenvalue weighted by atomic mass is 9.59. The Kier molecular flexibility index (Phi) is 4.85. The predicted molar refractivity (Wildman–Crippen MR) is 109 cm³/mol. The molecule has 10 nitrogen and oxygen atoms in total. The number of Topliss-reactive ketones (excluding diaryl/α,β-unsaturated/α-hetero) is 2. The van der Waals surface area contributed by atoms with Crippen molar-refractivity contribution in [1.82, 2.24) is 0 Å². The summed E-state index contributed by atoms with van der Waals surface area (Å²) in [5.74, 6) is -7.22. The van der Waals surface area contributed by atoms with Crippen LogP contribution in [0.2, 0.25) is 0 Å². The minimum atomic E-state index is -2.59. The SMILES string of the molecule is NC(=O)CCc1ccc(O)c2c1C[C@H]1C[C@H]3CC(=O)C(C(N)=O)=C(O)[C@@]3(O)C(=O)C1=C2O. The summed E-state index contributed by atoms with van der Waals surface area (Å²) in [5, 5.41) is 43.0. The van der Waals surface area contributed by atoms with Crippen molar-refractivity contribution in [3.8, 4) is 5.75 Å². The van der Waals surface area contributed by atoms with Crippen LogP contribution < -0.4 is 11.5 Å². The summed E-state index contributed by atoms with van der Waals surface area (Å²) >= 11 is 0. The van der Waals surface area contributed by atoms with E-state index < -0.39 is 57.9 Å². The van der Waals surface area contributed by atoms with Crippen molar-refractivity contribution in [2.45, 2.75) is 37.7 Å². The fourth-order valence-electron chi connectivity index (χ4n) is 5.18. The van der Waals surface area contributed by atoms with Crippen LogP contribution in [0.25, 0.3) is 5.76 Å². The first-order valence-electron chi connectivity index (χ1n) is 10.1. The van der Waals surface area contributed by atoms with Gasteiger partial charge in [-0.25, -0.2) is 0 Å². The van der Waals surface area contributed by atoms with Gasteiger partial charge in [0, 0.05) is 24.3 Å². The number of hydrogen-bond donors (Lipinski definition) is 6. The van der Waals surface area contributed by atoms with Crippen LogP contribution in [0.5, 0.6) is 5.75 Å². The molecule has 0 heterocycles. The maximum absolute atomic E-state index is 13.4. The quantitative estimate of drug-likeness (QED) is 0.345. The van der Waals surface area contributed by atoms with Gasteiger partial charge < -0.3 is 31.9 Å². The first-order chi connectivity index (χ1) is 15.0. The van der Waals surface area contributed by atoms with E-state index in [9.17, 15) is 39.6 Å². The highest BCUT2D eigenvalue weighted by atomic mass is 16.3. The Morgan fingerprint density at radius 2 is 1.78 bits per heavy atom. The molecule has 1 saturated carbocycles. The summed E-state index contributed by atoms with van der Waals surface area (Å²) < 4.78 is 0. The molecule has 1 aromatic carbocycles. The number of primary amides is 2. The molecule has 1 aromatic rings. The number of fused-ring (bicyclic) bond motifs is 3. The normalized spacial score (nSPS) is 27.0. The largest absolute Gasteiger partial charge is 0.508 e. The second kappa shape index (κ2) is 7.20. The summed E-state index contributed by atoms with van der Waals surface area (Å²) in [7, 11) is 0. The Bertz CT molecular complexity index is 1160. The zero-order valence-electron chi connectivity index (χ0n) is 16.9. The minimum absolute atomic E-state index is 0.000833. The molecule has 0 saturated heterocycles. The highest BCUT2D eigenvalue weighted by Gasteiger charge is 2.60. The Balaban J connectivity index is 1.88. The fraction of sp³-hybridized carbons (Fsp3) is 0.364. The van der Waals surface area contributed by atoms with Crippen molar-refractivity contribution >= 4 is 29.1 Å². The molecule has 1 fully saturated rings. The molecule has 3 aliphatic carbocycles. The molecule has 168 valence electrons. The molecule has 0 radical (unpaired) electrons. The molecule has 32 heavy (non-hydrogen) atoms. The number of aliphatic hydroxyl groups excluding tert-OH is 2. The first-order valence-corrected chi connectivity index (χ1v) is 10.1. The number of amides is 2. The number of ketones is 2. The van der Waals surface area contributed by atoms with Gasteiger partial charge in [-0.1, -0.05) is 6.07 Å². The maximum atomic E-state index is 13.4. The van der Waals surface area contributed by atoms with Gasteiger partial charge in [-0.05, 0) is 42.4 Å². The number of benzene rings is 1. The average molecular weight is 442 g/mol. The van der Waals surface area contributed by atoms with Crippen LogP contribution in [0.15, 0.2) is 29.0 Å². The van der Waals surface area contributed by atoms with Crippen molar-refractivity contribution in [3.05, 3.63) is 45.7 Å². The third kappa shape index (κ3) is 2.90. The number of rotatable bonds is 4. The lowest BCUT2D eigenvalue weighted by Gasteiger charge is -2.46. The second-order valence-corrected chi connectivity index (χ2v) is 8.47. The van der Waals surface area contributed by atoms with Crippen molar-refractivity contribution < 1.29 is 39.6 Å². The third-order valence-corrected chi connectivity index (χ3v) is 6.68. The van der Waals surface area contributed by atoms with Gasteiger partial charge in [0.15, 0.2) is 11.4 Å². The Morgan fingerprint density at radius 1 is 1.09 bits per heavy atom. The van der Waals surface area contributed by atoms with E-state index in [0.717, 1.165) is 0 Å². The number of aliphatic hydroxyl groups is 3. The highest BCUT2D eigenvalue weighted by molar-refractivity contribution is 6.22. The van der Waals surface area contributed by atoms with Gasteiger partial charge in [0.25, 0.3) is 5.91 Å². The van der Waals surface area contributed by atoms with Crippen molar-refractivity contribution in [3.63, 3.8) is 0 Å². The van der Waals surface area contributed by atoms with E-state index >= 15 is 0 Å². The molecule has 3 atom stereocenters.